The summed E-state index contributed by atoms with van der Waals surface area (Å²) in [5, 5.41) is 3.70. The third kappa shape index (κ3) is 5.15. The van der Waals surface area contributed by atoms with E-state index in [0.717, 1.165) is 15.6 Å². The maximum Gasteiger partial charge on any atom is 0.339 e. The van der Waals surface area contributed by atoms with E-state index in [1.54, 1.807) is 22.3 Å². The minimum atomic E-state index is -0.481. The number of rotatable bonds is 6. The van der Waals surface area contributed by atoms with E-state index < -0.39 is 5.97 Å². The Bertz CT molecular complexity index is 1100. The van der Waals surface area contributed by atoms with Crippen molar-refractivity contribution in [3.05, 3.63) is 58.2 Å². The van der Waals surface area contributed by atoms with Crippen molar-refractivity contribution in [3.63, 3.8) is 0 Å². The molecular weight excluding hydrogens is 440 g/mol. The summed E-state index contributed by atoms with van der Waals surface area (Å²) in [6, 6.07) is 7.30. The van der Waals surface area contributed by atoms with Crippen molar-refractivity contribution in [3.8, 4) is 5.75 Å². The molecule has 0 spiro atoms. The van der Waals surface area contributed by atoms with Crippen LogP contribution in [0.4, 0.5) is 0 Å². The molecule has 0 aliphatic carbocycles. The molecule has 162 valence electrons. The summed E-state index contributed by atoms with van der Waals surface area (Å²) in [5.74, 6) is 0.00443. The number of aromatic nitrogens is 1. The normalized spacial score (nSPS) is 16.3. The van der Waals surface area contributed by atoms with Crippen LogP contribution in [-0.2, 0) is 20.7 Å². The van der Waals surface area contributed by atoms with Gasteiger partial charge in [-0.1, -0.05) is 11.6 Å². The molecule has 1 atom stereocenters. The molecule has 1 aliphatic rings. The van der Waals surface area contributed by atoms with Crippen LogP contribution in [-0.4, -0.2) is 61.3 Å². The zero-order valence-electron chi connectivity index (χ0n) is 16.9. The molecule has 1 fully saturated rings. The van der Waals surface area contributed by atoms with Gasteiger partial charge in [0.05, 0.1) is 38.4 Å². The third-order valence-corrected chi connectivity index (χ3v) is 6.27. The van der Waals surface area contributed by atoms with Gasteiger partial charge < -0.3 is 19.1 Å². The van der Waals surface area contributed by atoms with Crippen LogP contribution >= 0.6 is 22.9 Å². The van der Waals surface area contributed by atoms with Crippen molar-refractivity contribution in [2.24, 2.45) is 0 Å². The second-order valence-electron chi connectivity index (χ2n) is 7.12. The molecule has 9 heteroatoms. The molecule has 31 heavy (non-hydrogen) atoms. The number of esters is 1. The fourth-order valence-electron chi connectivity index (χ4n) is 3.43. The number of ether oxygens (including phenoxy) is 3. The number of hydrogen-bond acceptors (Lipinski definition) is 7. The summed E-state index contributed by atoms with van der Waals surface area (Å²) >= 11 is 7.73. The Balaban J connectivity index is 1.35. The van der Waals surface area contributed by atoms with E-state index in [1.807, 2.05) is 23.6 Å². The second kappa shape index (κ2) is 9.64. The molecule has 1 unspecified atom stereocenters. The number of amides is 1. The Hall–Kier alpha value is -2.68. The maximum atomic E-state index is 12.9. The smallest absolute Gasteiger partial charge is 0.339 e. The van der Waals surface area contributed by atoms with Crippen LogP contribution in [0.15, 0.2) is 42.0 Å². The number of carbonyl (C=O) groups is 2. The second-order valence-corrected chi connectivity index (χ2v) is 8.47. The molecule has 4 rings (SSSR count). The highest BCUT2D eigenvalue weighted by Crippen LogP contribution is 2.29. The number of hydrogen-bond donors (Lipinski definition) is 0. The lowest BCUT2D eigenvalue weighted by atomic mass is 10.1. The summed E-state index contributed by atoms with van der Waals surface area (Å²) in [6.45, 7) is 1.66. The average Bonchev–Trinajstić information content (AvgIpc) is 3.19. The van der Waals surface area contributed by atoms with Crippen LogP contribution < -0.4 is 4.74 Å². The first-order valence-electron chi connectivity index (χ1n) is 9.74. The molecule has 1 aliphatic heterocycles. The van der Waals surface area contributed by atoms with E-state index in [0.29, 0.717) is 42.5 Å². The molecule has 1 aromatic carbocycles. The van der Waals surface area contributed by atoms with Crippen LogP contribution in [0.5, 0.6) is 5.75 Å². The number of nitrogens with zero attached hydrogens (tertiary/aromatic N) is 2. The molecule has 3 heterocycles. The predicted molar refractivity (Wildman–Crippen MR) is 118 cm³/mol. The molecule has 0 saturated carbocycles. The highest BCUT2D eigenvalue weighted by atomic mass is 35.5. The van der Waals surface area contributed by atoms with Gasteiger partial charge in [0.1, 0.15) is 18.5 Å². The van der Waals surface area contributed by atoms with Crippen LogP contribution in [0, 0.1) is 0 Å². The third-order valence-electron chi connectivity index (χ3n) is 5.02. The first-order valence-corrected chi connectivity index (χ1v) is 11.0. The van der Waals surface area contributed by atoms with Gasteiger partial charge in [0, 0.05) is 22.5 Å². The lowest BCUT2D eigenvalue weighted by molar-refractivity contribution is -0.139. The van der Waals surface area contributed by atoms with Gasteiger partial charge in [0.15, 0.2) is 0 Å². The fourth-order valence-corrected chi connectivity index (χ4v) is 4.54. The van der Waals surface area contributed by atoms with Gasteiger partial charge in [0.2, 0.25) is 5.91 Å². The van der Waals surface area contributed by atoms with Crippen LogP contribution in [0.1, 0.15) is 15.9 Å². The number of pyridine rings is 1. The monoisotopic (exact) mass is 460 g/mol. The zero-order chi connectivity index (χ0) is 21.8. The predicted octanol–water partition coefficient (Wildman–Crippen LogP) is 3.59. The van der Waals surface area contributed by atoms with Crippen molar-refractivity contribution >= 4 is 44.9 Å². The largest absolute Gasteiger partial charge is 0.489 e. The maximum absolute atomic E-state index is 12.9. The van der Waals surface area contributed by atoms with Gasteiger partial charge >= 0.3 is 5.97 Å². The fraction of sp³-hybridized carbons (Fsp3) is 0.318. The summed E-state index contributed by atoms with van der Waals surface area (Å²) in [4.78, 5) is 30.3. The van der Waals surface area contributed by atoms with Gasteiger partial charge in [-0.2, -0.15) is 0 Å². The van der Waals surface area contributed by atoms with E-state index in [9.17, 15) is 9.59 Å². The molecule has 1 saturated heterocycles. The van der Waals surface area contributed by atoms with E-state index in [1.165, 1.54) is 19.5 Å². The van der Waals surface area contributed by atoms with Crippen LogP contribution in [0.3, 0.4) is 0 Å². The van der Waals surface area contributed by atoms with Crippen molar-refractivity contribution in [2.75, 3.05) is 33.4 Å². The highest BCUT2D eigenvalue weighted by Gasteiger charge is 2.25. The van der Waals surface area contributed by atoms with Crippen LogP contribution in [0.25, 0.3) is 10.1 Å². The standard InChI is InChI=1S/C22H21ClN2O5S/c1-28-22(27)14-6-17(10-24-9-14)30-12-18-11-25(4-5-29-18)21(26)7-15-13-31-20-3-2-16(23)8-19(15)20/h2-3,6,8-10,13,18H,4-5,7,11-12H2,1H3. The van der Waals surface area contributed by atoms with Gasteiger partial charge in [-0.25, -0.2) is 4.79 Å². The number of morpholine rings is 1. The number of carbonyl (C=O) groups excluding carboxylic acids is 2. The Morgan fingerprint density at radius 3 is 3.03 bits per heavy atom. The number of fused-ring (bicyclic) bond motifs is 1. The SMILES string of the molecule is COC(=O)c1cncc(OCC2CN(C(=O)Cc3csc4ccc(Cl)cc34)CCO2)c1. The van der Waals surface area contributed by atoms with Crippen molar-refractivity contribution in [2.45, 2.75) is 12.5 Å². The number of thiophene rings is 1. The summed E-state index contributed by atoms with van der Waals surface area (Å²) in [6.07, 6.45) is 2.98. The summed E-state index contributed by atoms with van der Waals surface area (Å²) in [7, 11) is 1.31. The van der Waals surface area contributed by atoms with Gasteiger partial charge in [-0.15, -0.1) is 11.3 Å². The molecule has 0 bridgehead atoms. The van der Waals surface area contributed by atoms with E-state index in [2.05, 4.69) is 4.98 Å². The topological polar surface area (TPSA) is 78.0 Å². The molecule has 1 amide bonds. The summed E-state index contributed by atoms with van der Waals surface area (Å²) < 4.78 is 17.3. The molecule has 0 N–H and O–H groups in total. The summed E-state index contributed by atoms with van der Waals surface area (Å²) in [5.41, 5.74) is 1.29. The van der Waals surface area contributed by atoms with Gasteiger partial charge in [-0.3, -0.25) is 9.78 Å². The Kier molecular flexibility index (Phi) is 6.70. The van der Waals surface area contributed by atoms with E-state index >= 15 is 0 Å². The van der Waals surface area contributed by atoms with Gasteiger partial charge in [0.25, 0.3) is 0 Å². The van der Waals surface area contributed by atoms with Crippen LogP contribution in [0.2, 0.25) is 5.02 Å². The Morgan fingerprint density at radius 2 is 2.19 bits per heavy atom. The minimum absolute atomic E-state index is 0.0438. The lowest BCUT2D eigenvalue weighted by Crippen LogP contribution is -2.48. The molecule has 7 nitrogen and oxygen atoms in total. The van der Waals surface area contributed by atoms with Gasteiger partial charge in [-0.05, 0) is 40.6 Å². The van der Waals surface area contributed by atoms with E-state index in [4.69, 9.17) is 25.8 Å². The Morgan fingerprint density at radius 1 is 1.32 bits per heavy atom. The Labute approximate surface area is 188 Å². The zero-order valence-corrected chi connectivity index (χ0v) is 18.4. The molecule has 2 aromatic heterocycles. The van der Waals surface area contributed by atoms with E-state index in [-0.39, 0.29) is 18.6 Å². The van der Waals surface area contributed by atoms with Crippen molar-refractivity contribution < 1.29 is 23.8 Å². The molecule has 0 radical (unpaired) electrons. The number of benzene rings is 1. The molecular formula is C22H21ClN2O5S. The highest BCUT2D eigenvalue weighted by molar-refractivity contribution is 7.17. The lowest BCUT2D eigenvalue weighted by Gasteiger charge is -2.33. The first kappa shape index (κ1) is 21.5. The average molecular weight is 461 g/mol. The van der Waals surface area contributed by atoms with Crippen molar-refractivity contribution in [1.82, 2.24) is 9.88 Å². The minimum Gasteiger partial charge on any atom is -0.489 e. The number of halogens is 1. The number of methoxy groups -OCH3 is 1. The van der Waals surface area contributed by atoms with Crippen molar-refractivity contribution in [1.29, 1.82) is 0 Å². The first-order chi connectivity index (χ1) is 15.0. The molecule has 3 aromatic rings. The quantitative estimate of drug-likeness (QED) is 0.523.